The van der Waals surface area contributed by atoms with Crippen LogP contribution in [-0.4, -0.2) is 29.5 Å². The summed E-state index contributed by atoms with van der Waals surface area (Å²) in [6.07, 6.45) is 3.84. The van der Waals surface area contributed by atoms with Crippen LogP contribution >= 0.6 is 12.2 Å². The molecule has 3 aromatic rings. The van der Waals surface area contributed by atoms with Gasteiger partial charge >= 0.3 is 5.97 Å². The van der Waals surface area contributed by atoms with Gasteiger partial charge in [0, 0.05) is 24.1 Å². The maximum atomic E-state index is 12.2. The predicted octanol–water partition coefficient (Wildman–Crippen LogP) is 4.37. The van der Waals surface area contributed by atoms with E-state index >= 15 is 0 Å². The van der Waals surface area contributed by atoms with E-state index < -0.39 is 0 Å². The number of nitrogens with one attached hydrogen (secondary N) is 3. The molecular formula is C27H29N3O5S. The first-order valence-electron chi connectivity index (χ1n) is 11.7. The number of hydrogen-bond acceptors (Lipinski definition) is 6. The van der Waals surface area contributed by atoms with Crippen LogP contribution in [0.2, 0.25) is 0 Å². The SMILES string of the molecule is O=C(CCCC(=O)OCCCc1ccccc1)NC(=S)Nc1ccc(C(=O)NCc2ccco2)cc1. The quantitative estimate of drug-likeness (QED) is 0.190. The molecule has 2 aromatic carbocycles. The van der Waals surface area contributed by atoms with Crippen LogP contribution in [0.4, 0.5) is 5.69 Å². The average Bonchev–Trinajstić information content (AvgIpc) is 3.40. The van der Waals surface area contributed by atoms with Gasteiger partial charge in [-0.1, -0.05) is 30.3 Å². The third-order valence-electron chi connectivity index (χ3n) is 5.16. The molecular weight excluding hydrogens is 478 g/mol. The van der Waals surface area contributed by atoms with Crippen LogP contribution in [-0.2, 0) is 27.3 Å². The summed E-state index contributed by atoms with van der Waals surface area (Å²) >= 11 is 5.17. The summed E-state index contributed by atoms with van der Waals surface area (Å²) in [5.41, 5.74) is 2.31. The van der Waals surface area contributed by atoms with Crippen LogP contribution in [0.1, 0.15) is 47.4 Å². The highest BCUT2D eigenvalue weighted by atomic mass is 32.1. The average molecular weight is 508 g/mol. The zero-order valence-corrected chi connectivity index (χ0v) is 20.6. The smallest absolute Gasteiger partial charge is 0.305 e. The van der Waals surface area contributed by atoms with Crippen molar-refractivity contribution >= 4 is 40.8 Å². The fourth-order valence-corrected chi connectivity index (χ4v) is 3.54. The number of benzene rings is 2. The van der Waals surface area contributed by atoms with Gasteiger partial charge in [0.25, 0.3) is 5.91 Å². The van der Waals surface area contributed by atoms with Crippen molar-refractivity contribution < 1.29 is 23.5 Å². The molecule has 0 bridgehead atoms. The Bertz CT molecular complexity index is 1130. The van der Waals surface area contributed by atoms with Gasteiger partial charge in [0.1, 0.15) is 5.76 Å². The van der Waals surface area contributed by atoms with E-state index in [0.717, 1.165) is 12.8 Å². The highest BCUT2D eigenvalue weighted by molar-refractivity contribution is 7.80. The molecule has 0 aliphatic rings. The number of carbonyl (C=O) groups excluding carboxylic acids is 3. The number of thiocarbonyl (C=S) groups is 1. The van der Waals surface area contributed by atoms with E-state index in [-0.39, 0.29) is 35.7 Å². The minimum absolute atomic E-state index is 0.138. The number of anilines is 1. The minimum atomic E-state index is -0.315. The Morgan fingerprint density at radius 2 is 1.67 bits per heavy atom. The van der Waals surface area contributed by atoms with Gasteiger partial charge in [-0.25, -0.2) is 0 Å². The molecule has 1 aromatic heterocycles. The molecule has 0 saturated carbocycles. The summed E-state index contributed by atoms with van der Waals surface area (Å²) in [5, 5.41) is 8.39. The third-order valence-corrected chi connectivity index (χ3v) is 5.37. The fourth-order valence-electron chi connectivity index (χ4n) is 3.31. The van der Waals surface area contributed by atoms with E-state index in [9.17, 15) is 14.4 Å². The van der Waals surface area contributed by atoms with Gasteiger partial charge in [0.2, 0.25) is 5.91 Å². The summed E-state index contributed by atoms with van der Waals surface area (Å²) in [5.74, 6) is -0.176. The molecule has 2 amide bonds. The lowest BCUT2D eigenvalue weighted by Crippen LogP contribution is -2.34. The Labute approximate surface area is 215 Å². The van der Waals surface area contributed by atoms with Crippen LogP contribution in [0.25, 0.3) is 0 Å². The number of esters is 1. The molecule has 188 valence electrons. The van der Waals surface area contributed by atoms with E-state index in [4.69, 9.17) is 21.4 Å². The number of furan rings is 1. The maximum Gasteiger partial charge on any atom is 0.305 e. The van der Waals surface area contributed by atoms with Gasteiger partial charge in [-0.15, -0.1) is 0 Å². The van der Waals surface area contributed by atoms with E-state index in [1.54, 1.807) is 42.7 Å². The van der Waals surface area contributed by atoms with Crippen molar-refractivity contribution in [2.24, 2.45) is 0 Å². The molecule has 0 fully saturated rings. The van der Waals surface area contributed by atoms with Crippen LogP contribution in [0, 0.1) is 0 Å². The zero-order chi connectivity index (χ0) is 25.6. The minimum Gasteiger partial charge on any atom is -0.467 e. The second kappa shape index (κ2) is 14.4. The van der Waals surface area contributed by atoms with Crippen molar-refractivity contribution in [2.75, 3.05) is 11.9 Å². The molecule has 3 rings (SSSR count). The first-order chi connectivity index (χ1) is 17.5. The molecule has 0 aliphatic heterocycles. The van der Waals surface area contributed by atoms with Gasteiger partial charge in [0.05, 0.1) is 19.4 Å². The van der Waals surface area contributed by atoms with E-state index in [0.29, 0.717) is 36.6 Å². The Morgan fingerprint density at radius 3 is 2.39 bits per heavy atom. The van der Waals surface area contributed by atoms with Gasteiger partial charge in [-0.2, -0.15) is 0 Å². The Hall–Kier alpha value is -3.98. The van der Waals surface area contributed by atoms with Crippen LogP contribution < -0.4 is 16.0 Å². The summed E-state index contributed by atoms with van der Waals surface area (Å²) < 4.78 is 10.4. The van der Waals surface area contributed by atoms with E-state index in [1.807, 2.05) is 30.3 Å². The van der Waals surface area contributed by atoms with Crippen molar-refractivity contribution in [3.05, 3.63) is 89.9 Å². The molecule has 0 radical (unpaired) electrons. The number of carbonyl (C=O) groups is 3. The lowest BCUT2D eigenvalue weighted by Gasteiger charge is -2.10. The Morgan fingerprint density at radius 1 is 0.889 bits per heavy atom. The summed E-state index contributed by atoms with van der Waals surface area (Å²) in [6.45, 7) is 0.659. The van der Waals surface area contributed by atoms with E-state index in [1.165, 1.54) is 5.56 Å². The van der Waals surface area contributed by atoms with Crippen molar-refractivity contribution in [1.82, 2.24) is 10.6 Å². The van der Waals surface area contributed by atoms with Crippen molar-refractivity contribution in [3.63, 3.8) is 0 Å². The highest BCUT2D eigenvalue weighted by Gasteiger charge is 2.10. The molecule has 8 nitrogen and oxygen atoms in total. The molecule has 36 heavy (non-hydrogen) atoms. The number of aryl methyl sites for hydroxylation is 1. The Kier molecular flexibility index (Phi) is 10.7. The normalized spacial score (nSPS) is 10.3. The molecule has 9 heteroatoms. The van der Waals surface area contributed by atoms with Gasteiger partial charge in [-0.3, -0.25) is 14.4 Å². The topological polar surface area (TPSA) is 110 Å². The van der Waals surface area contributed by atoms with Crippen molar-refractivity contribution in [1.29, 1.82) is 0 Å². The monoisotopic (exact) mass is 507 g/mol. The molecule has 0 saturated heterocycles. The molecule has 3 N–H and O–H groups in total. The fraction of sp³-hybridized carbons (Fsp3) is 0.259. The summed E-state index contributed by atoms with van der Waals surface area (Å²) in [6, 6.07) is 20.2. The molecule has 0 unspecified atom stereocenters. The number of amides is 2. The van der Waals surface area contributed by atoms with Gasteiger partial charge < -0.3 is 25.1 Å². The second-order valence-electron chi connectivity index (χ2n) is 8.00. The highest BCUT2D eigenvalue weighted by Crippen LogP contribution is 2.10. The zero-order valence-electron chi connectivity index (χ0n) is 19.8. The number of hydrogen-bond donors (Lipinski definition) is 3. The summed E-state index contributed by atoms with van der Waals surface area (Å²) in [4.78, 5) is 36.2. The number of ether oxygens (including phenoxy) is 1. The van der Waals surface area contributed by atoms with Gasteiger partial charge in [0.15, 0.2) is 5.11 Å². The Balaban J connectivity index is 1.27. The standard InChI is InChI=1S/C27H29N3O5S/c31-24(11-4-12-25(32)35-18-5-9-20-7-2-1-3-8-20)30-27(36)29-22-15-13-21(14-16-22)26(33)28-19-23-10-6-17-34-23/h1-3,6-8,10,13-17H,4-5,9,11-12,18-19H2,(H,28,33)(H2,29,30,31,36). The third kappa shape index (κ3) is 9.71. The largest absolute Gasteiger partial charge is 0.467 e. The first kappa shape index (κ1) is 26.6. The lowest BCUT2D eigenvalue weighted by molar-refractivity contribution is -0.143. The van der Waals surface area contributed by atoms with Crippen molar-refractivity contribution in [3.8, 4) is 0 Å². The van der Waals surface area contributed by atoms with E-state index in [2.05, 4.69) is 16.0 Å². The lowest BCUT2D eigenvalue weighted by atomic mass is 10.1. The maximum absolute atomic E-state index is 12.2. The molecule has 1 heterocycles. The second-order valence-corrected chi connectivity index (χ2v) is 8.41. The first-order valence-corrected chi connectivity index (χ1v) is 12.1. The molecule has 0 atom stereocenters. The summed E-state index contributed by atoms with van der Waals surface area (Å²) in [7, 11) is 0. The molecule has 0 aliphatic carbocycles. The van der Waals surface area contributed by atoms with Gasteiger partial charge in [-0.05, 0) is 73.4 Å². The number of rotatable bonds is 12. The van der Waals surface area contributed by atoms with Crippen molar-refractivity contribution in [2.45, 2.75) is 38.6 Å². The van der Waals surface area contributed by atoms with Crippen LogP contribution in [0.5, 0.6) is 0 Å². The predicted molar refractivity (Wildman–Crippen MR) is 140 cm³/mol. The van der Waals surface area contributed by atoms with Crippen LogP contribution in [0.3, 0.4) is 0 Å². The van der Waals surface area contributed by atoms with Crippen LogP contribution in [0.15, 0.2) is 77.4 Å². The molecule has 0 spiro atoms.